The van der Waals surface area contributed by atoms with Crippen molar-refractivity contribution in [2.45, 2.75) is 39.5 Å². The molecule has 148 valence electrons. The van der Waals surface area contributed by atoms with E-state index in [9.17, 15) is 9.59 Å². The zero-order chi connectivity index (χ0) is 19.4. The number of piperidine rings is 1. The van der Waals surface area contributed by atoms with E-state index in [1.54, 1.807) is 0 Å². The minimum Gasteiger partial charge on any atom is -0.378 e. The Labute approximate surface area is 162 Å². The minimum absolute atomic E-state index is 0.0454. The molecule has 2 aliphatic heterocycles. The molecule has 27 heavy (non-hydrogen) atoms. The molecule has 1 aromatic rings. The van der Waals surface area contributed by atoms with E-state index in [2.05, 4.69) is 45.0 Å². The molecule has 0 N–H and O–H groups in total. The Hall–Kier alpha value is -1.88. The van der Waals surface area contributed by atoms with Crippen molar-refractivity contribution in [3.63, 3.8) is 0 Å². The zero-order valence-electron chi connectivity index (χ0n) is 16.8. The summed E-state index contributed by atoms with van der Waals surface area (Å²) in [7, 11) is 0. The van der Waals surface area contributed by atoms with Crippen molar-refractivity contribution in [1.82, 2.24) is 9.80 Å². The van der Waals surface area contributed by atoms with Crippen molar-refractivity contribution in [2.24, 2.45) is 11.8 Å². The van der Waals surface area contributed by atoms with E-state index >= 15 is 0 Å². The van der Waals surface area contributed by atoms with Gasteiger partial charge in [0.25, 0.3) is 0 Å². The number of aryl methyl sites for hydroxylation is 1. The lowest BCUT2D eigenvalue weighted by atomic mass is 9.85. The third kappa shape index (κ3) is 4.70. The third-order valence-electron chi connectivity index (χ3n) is 5.85. The van der Waals surface area contributed by atoms with Crippen LogP contribution < -0.4 is 0 Å². The average molecular weight is 373 g/mol. The number of benzene rings is 1. The van der Waals surface area contributed by atoms with E-state index in [0.29, 0.717) is 39.4 Å². The maximum absolute atomic E-state index is 13.2. The fourth-order valence-corrected chi connectivity index (χ4v) is 4.17. The van der Waals surface area contributed by atoms with E-state index in [1.807, 2.05) is 9.80 Å². The molecule has 3 rings (SSSR count). The number of hydrogen-bond donors (Lipinski definition) is 0. The number of likely N-dealkylation sites (tertiary alicyclic amines) is 1. The number of hydrogen-bond acceptors (Lipinski definition) is 3. The van der Waals surface area contributed by atoms with Gasteiger partial charge in [0.15, 0.2) is 0 Å². The Balaban J connectivity index is 1.61. The highest BCUT2D eigenvalue weighted by molar-refractivity contribution is 5.85. The highest BCUT2D eigenvalue weighted by atomic mass is 16.5. The number of morpholine rings is 1. The van der Waals surface area contributed by atoms with Crippen molar-refractivity contribution >= 4 is 11.8 Å². The molecular formula is C22H32N2O3. The Morgan fingerprint density at radius 1 is 0.963 bits per heavy atom. The van der Waals surface area contributed by atoms with E-state index in [0.717, 1.165) is 18.4 Å². The van der Waals surface area contributed by atoms with Gasteiger partial charge in [-0.15, -0.1) is 0 Å². The highest BCUT2D eigenvalue weighted by Gasteiger charge is 2.34. The summed E-state index contributed by atoms with van der Waals surface area (Å²) in [5.41, 5.74) is 2.29. The summed E-state index contributed by atoms with van der Waals surface area (Å²) in [6, 6.07) is 8.30. The van der Waals surface area contributed by atoms with E-state index in [4.69, 9.17) is 4.74 Å². The summed E-state index contributed by atoms with van der Waals surface area (Å²) >= 11 is 0. The monoisotopic (exact) mass is 372 g/mol. The van der Waals surface area contributed by atoms with Crippen molar-refractivity contribution in [1.29, 1.82) is 0 Å². The number of ether oxygens (including phenoxy) is 1. The van der Waals surface area contributed by atoms with Gasteiger partial charge in [0, 0.05) is 32.1 Å². The van der Waals surface area contributed by atoms with Crippen molar-refractivity contribution < 1.29 is 14.3 Å². The number of amides is 2. The van der Waals surface area contributed by atoms with Crippen LogP contribution in [0, 0.1) is 18.8 Å². The summed E-state index contributed by atoms with van der Waals surface area (Å²) in [6.45, 7) is 10.3. The molecule has 5 nitrogen and oxygen atoms in total. The Kier molecular flexibility index (Phi) is 6.53. The summed E-state index contributed by atoms with van der Waals surface area (Å²) in [4.78, 5) is 29.8. The normalized spacial score (nSPS) is 20.0. The summed E-state index contributed by atoms with van der Waals surface area (Å²) in [5.74, 6) is 0.615. The number of nitrogens with zero attached hydrogens (tertiary/aromatic N) is 2. The van der Waals surface area contributed by atoms with Gasteiger partial charge in [-0.3, -0.25) is 9.59 Å². The van der Waals surface area contributed by atoms with E-state index < -0.39 is 0 Å². The maximum atomic E-state index is 13.2. The van der Waals surface area contributed by atoms with Crippen LogP contribution in [0.2, 0.25) is 0 Å². The van der Waals surface area contributed by atoms with Crippen LogP contribution in [0.4, 0.5) is 0 Å². The molecule has 2 amide bonds. The molecule has 0 radical (unpaired) electrons. The van der Waals surface area contributed by atoms with E-state index in [1.165, 1.54) is 5.56 Å². The molecule has 0 saturated carbocycles. The van der Waals surface area contributed by atoms with Crippen LogP contribution in [0.5, 0.6) is 0 Å². The van der Waals surface area contributed by atoms with Gasteiger partial charge in [0.05, 0.1) is 19.1 Å². The second-order valence-corrected chi connectivity index (χ2v) is 8.17. The largest absolute Gasteiger partial charge is 0.378 e. The first-order valence-electron chi connectivity index (χ1n) is 10.2. The van der Waals surface area contributed by atoms with Crippen LogP contribution in [0.3, 0.4) is 0 Å². The Morgan fingerprint density at radius 2 is 1.56 bits per heavy atom. The average Bonchev–Trinajstić information content (AvgIpc) is 2.69. The zero-order valence-corrected chi connectivity index (χ0v) is 16.8. The summed E-state index contributed by atoms with van der Waals surface area (Å²) in [5, 5.41) is 0. The smallest absolute Gasteiger partial charge is 0.230 e. The molecule has 2 saturated heterocycles. The highest BCUT2D eigenvalue weighted by Crippen LogP contribution is 2.29. The quantitative estimate of drug-likeness (QED) is 0.817. The van der Waals surface area contributed by atoms with Gasteiger partial charge in [0.1, 0.15) is 0 Å². The minimum atomic E-state index is -0.114. The predicted octanol–water partition coefficient (Wildman–Crippen LogP) is 2.83. The van der Waals surface area contributed by atoms with Crippen LogP contribution in [0.1, 0.15) is 43.7 Å². The van der Waals surface area contributed by atoms with Crippen LogP contribution >= 0.6 is 0 Å². The second-order valence-electron chi connectivity index (χ2n) is 8.17. The molecule has 1 atom stereocenters. The van der Waals surface area contributed by atoms with Gasteiger partial charge in [-0.1, -0.05) is 43.7 Å². The lowest BCUT2D eigenvalue weighted by molar-refractivity contribution is -0.144. The molecule has 1 aromatic carbocycles. The first kappa shape index (κ1) is 19.9. The van der Waals surface area contributed by atoms with Gasteiger partial charge in [0.2, 0.25) is 11.8 Å². The maximum Gasteiger partial charge on any atom is 0.230 e. The van der Waals surface area contributed by atoms with Crippen molar-refractivity contribution in [3.8, 4) is 0 Å². The van der Waals surface area contributed by atoms with Crippen LogP contribution in [0.15, 0.2) is 24.3 Å². The Morgan fingerprint density at radius 3 is 2.11 bits per heavy atom. The van der Waals surface area contributed by atoms with Crippen molar-refractivity contribution in [2.75, 3.05) is 39.4 Å². The van der Waals surface area contributed by atoms with Gasteiger partial charge < -0.3 is 14.5 Å². The number of rotatable bonds is 4. The molecular weight excluding hydrogens is 340 g/mol. The molecule has 2 heterocycles. The van der Waals surface area contributed by atoms with Crippen molar-refractivity contribution in [3.05, 3.63) is 35.4 Å². The molecule has 0 aliphatic carbocycles. The molecule has 5 heteroatoms. The van der Waals surface area contributed by atoms with Crippen LogP contribution in [0.25, 0.3) is 0 Å². The number of carbonyl (C=O) groups is 2. The first-order valence-corrected chi connectivity index (χ1v) is 10.2. The second kappa shape index (κ2) is 8.87. The standard InChI is InChI=1S/C22H32N2O3/c1-16(2)20(18-6-4-17(3)5-7-18)22(26)23-10-8-19(9-11-23)21(25)24-12-14-27-15-13-24/h4-7,16,19-20H,8-15H2,1-3H3. The molecule has 0 aromatic heterocycles. The van der Waals surface area contributed by atoms with Gasteiger partial charge >= 0.3 is 0 Å². The van der Waals surface area contributed by atoms with Gasteiger partial charge in [-0.05, 0) is 31.2 Å². The fourth-order valence-electron chi connectivity index (χ4n) is 4.17. The van der Waals surface area contributed by atoms with Crippen LogP contribution in [-0.4, -0.2) is 61.0 Å². The van der Waals surface area contributed by atoms with Crippen LogP contribution in [-0.2, 0) is 14.3 Å². The van der Waals surface area contributed by atoms with E-state index in [-0.39, 0.29) is 29.6 Å². The fraction of sp³-hybridized carbons (Fsp3) is 0.636. The SMILES string of the molecule is Cc1ccc(C(C(=O)N2CCC(C(=O)N3CCOCC3)CC2)C(C)C)cc1. The topological polar surface area (TPSA) is 49.9 Å². The molecule has 0 bridgehead atoms. The lowest BCUT2D eigenvalue weighted by Crippen LogP contribution is -2.48. The van der Waals surface area contributed by atoms with Gasteiger partial charge in [-0.25, -0.2) is 0 Å². The molecule has 2 fully saturated rings. The predicted molar refractivity (Wildman–Crippen MR) is 105 cm³/mol. The summed E-state index contributed by atoms with van der Waals surface area (Å²) < 4.78 is 5.34. The summed E-state index contributed by atoms with van der Waals surface area (Å²) in [6.07, 6.45) is 1.53. The molecule has 1 unspecified atom stereocenters. The molecule has 0 spiro atoms. The first-order chi connectivity index (χ1) is 13.0. The number of carbonyl (C=O) groups excluding carboxylic acids is 2. The van der Waals surface area contributed by atoms with Gasteiger partial charge in [-0.2, -0.15) is 0 Å². The molecule has 2 aliphatic rings. The third-order valence-corrected chi connectivity index (χ3v) is 5.85. The lowest BCUT2D eigenvalue weighted by Gasteiger charge is -2.37. The Bertz CT molecular complexity index is 642.